The molecule has 0 aliphatic carbocycles. The van der Waals surface area contributed by atoms with Crippen LogP contribution in [0.15, 0.2) is 237 Å². The molecule has 0 amide bonds. The molecule has 0 atom stereocenters. The maximum Gasteiger partial charge on any atom is 0.164 e. The van der Waals surface area contributed by atoms with Crippen molar-refractivity contribution in [3.05, 3.63) is 237 Å². The Hall–Kier alpha value is -8.53. The van der Waals surface area contributed by atoms with Crippen LogP contribution < -0.4 is 0 Å². The standard InChI is InChI=1S/C61H39N3/c1-3-16-41(17-4-1)49-23-9-10-24-50(49)45-32-30-40-31-33-47(38-48(40)37-45)60-62-59(63-61(64-60)58-39-44-20-7-8-25-51(44)54-26-13-14-29-57(54)58)46-22-15-21-43(36-46)53-35-34-52(42-18-5-2-6-19-42)55-27-11-12-28-56(53)55/h1-39H. The summed E-state index contributed by atoms with van der Waals surface area (Å²) >= 11 is 0. The van der Waals surface area contributed by atoms with Crippen LogP contribution in [0.4, 0.5) is 0 Å². The van der Waals surface area contributed by atoms with Gasteiger partial charge in [-0.05, 0) is 112 Å². The largest absolute Gasteiger partial charge is 0.208 e. The minimum atomic E-state index is 0.620. The molecule has 0 spiro atoms. The van der Waals surface area contributed by atoms with Crippen LogP contribution in [-0.4, -0.2) is 15.0 Å². The molecule has 0 unspecified atom stereocenters. The maximum atomic E-state index is 5.34. The highest BCUT2D eigenvalue weighted by molar-refractivity contribution is 6.13. The second kappa shape index (κ2) is 15.7. The zero-order chi connectivity index (χ0) is 42.4. The van der Waals surface area contributed by atoms with Crippen LogP contribution in [0.1, 0.15) is 0 Å². The van der Waals surface area contributed by atoms with Crippen molar-refractivity contribution in [2.24, 2.45) is 0 Å². The number of nitrogens with zero attached hydrogens (tertiary/aromatic N) is 3. The van der Waals surface area contributed by atoms with E-state index in [0.717, 1.165) is 54.9 Å². The van der Waals surface area contributed by atoms with E-state index < -0.39 is 0 Å². The molecule has 1 heterocycles. The monoisotopic (exact) mass is 813 g/mol. The van der Waals surface area contributed by atoms with Crippen molar-refractivity contribution in [1.29, 1.82) is 0 Å². The highest BCUT2D eigenvalue weighted by Gasteiger charge is 2.18. The van der Waals surface area contributed by atoms with E-state index in [4.69, 9.17) is 15.0 Å². The van der Waals surface area contributed by atoms with E-state index in [9.17, 15) is 0 Å². The summed E-state index contributed by atoms with van der Waals surface area (Å²) < 4.78 is 0. The molecule has 0 fully saturated rings. The Morgan fingerprint density at radius 2 is 0.625 bits per heavy atom. The Kier molecular flexibility index (Phi) is 9.16. The minimum absolute atomic E-state index is 0.620. The zero-order valence-electron chi connectivity index (χ0n) is 34.9. The van der Waals surface area contributed by atoms with Crippen LogP contribution in [-0.2, 0) is 0 Å². The molecule has 3 heteroatoms. The Balaban J connectivity index is 1.03. The van der Waals surface area contributed by atoms with Gasteiger partial charge in [0.25, 0.3) is 0 Å². The third-order valence-corrected chi connectivity index (χ3v) is 12.5. The van der Waals surface area contributed by atoms with Crippen molar-refractivity contribution in [3.8, 4) is 78.7 Å². The van der Waals surface area contributed by atoms with Gasteiger partial charge in [0.15, 0.2) is 17.5 Å². The molecule has 12 rings (SSSR count). The van der Waals surface area contributed by atoms with Gasteiger partial charge in [-0.15, -0.1) is 0 Å². The van der Waals surface area contributed by atoms with Gasteiger partial charge in [0.1, 0.15) is 0 Å². The van der Waals surface area contributed by atoms with Gasteiger partial charge in [0.2, 0.25) is 0 Å². The van der Waals surface area contributed by atoms with Crippen molar-refractivity contribution in [2.45, 2.75) is 0 Å². The van der Waals surface area contributed by atoms with Crippen molar-refractivity contribution < 1.29 is 0 Å². The second-order valence-corrected chi connectivity index (χ2v) is 16.3. The molecule has 0 aliphatic rings. The van der Waals surface area contributed by atoms with E-state index >= 15 is 0 Å². The predicted molar refractivity (Wildman–Crippen MR) is 268 cm³/mol. The van der Waals surface area contributed by atoms with Gasteiger partial charge >= 0.3 is 0 Å². The Labute approximate surface area is 371 Å². The van der Waals surface area contributed by atoms with E-state index in [0.29, 0.717) is 17.5 Å². The molecule has 11 aromatic carbocycles. The normalized spacial score (nSPS) is 11.4. The summed E-state index contributed by atoms with van der Waals surface area (Å²) in [5.74, 6) is 1.88. The van der Waals surface area contributed by atoms with Crippen LogP contribution >= 0.6 is 0 Å². The highest BCUT2D eigenvalue weighted by Crippen LogP contribution is 2.39. The Bertz CT molecular complexity index is 3730. The Morgan fingerprint density at radius 1 is 0.188 bits per heavy atom. The van der Waals surface area contributed by atoms with Gasteiger partial charge in [0, 0.05) is 16.7 Å². The fraction of sp³-hybridized carbons (Fsp3) is 0. The summed E-state index contributed by atoms with van der Waals surface area (Å²) in [6.07, 6.45) is 0. The van der Waals surface area contributed by atoms with Crippen molar-refractivity contribution in [3.63, 3.8) is 0 Å². The third-order valence-electron chi connectivity index (χ3n) is 12.5. The number of hydrogen-bond donors (Lipinski definition) is 0. The lowest BCUT2D eigenvalue weighted by Crippen LogP contribution is -2.01. The number of benzene rings is 11. The lowest BCUT2D eigenvalue weighted by atomic mass is 9.91. The first kappa shape index (κ1) is 37.2. The molecule has 64 heavy (non-hydrogen) atoms. The first-order valence-corrected chi connectivity index (χ1v) is 21.8. The molecular weight excluding hydrogens is 775 g/mol. The molecular formula is C61H39N3. The quantitative estimate of drug-likeness (QED) is 0.150. The number of hydrogen-bond acceptors (Lipinski definition) is 3. The van der Waals surface area contributed by atoms with Gasteiger partial charge in [0.05, 0.1) is 0 Å². The third kappa shape index (κ3) is 6.68. The van der Waals surface area contributed by atoms with E-state index in [1.165, 1.54) is 49.4 Å². The minimum Gasteiger partial charge on any atom is -0.208 e. The average Bonchev–Trinajstić information content (AvgIpc) is 3.38. The Morgan fingerprint density at radius 3 is 1.31 bits per heavy atom. The number of fused-ring (bicyclic) bond motifs is 5. The lowest BCUT2D eigenvalue weighted by molar-refractivity contribution is 1.08. The molecule has 0 saturated carbocycles. The van der Waals surface area contributed by atoms with E-state index in [1.807, 2.05) is 0 Å². The summed E-state index contributed by atoms with van der Waals surface area (Å²) in [5, 5.41) is 9.29. The van der Waals surface area contributed by atoms with Crippen LogP contribution in [0, 0.1) is 0 Å². The van der Waals surface area contributed by atoms with E-state index in [-0.39, 0.29) is 0 Å². The summed E-state index contributed by atoms with van der Waals surface area (Å²) in [6, 6.07) is 84.3. The van der Waals surface area contributed by atoms with Crippen molar-refractivity contribution >= 4 is 43.1 Å². The second-order valence-electron chi connectivity index (χ2n) is 16.3. The highest BCUT2D eigenvalue weighted by atomic mass is 15.0. The van der Waals surface area contributed by atoms with Gasteiger partial charge in [-0.2, -0.15) is 0 Å². The van der Waals surface area contributed by atoms with Gasteiger partial charge < -0.3 is 0 Å². The molecule has 0 saturated heterocycles. The lowest BCUT2D eigenvalue weighted by Gasteiger charge is -2.14. The molecule has 298 valence electrons. The first-order chi connectivity index (χ1) is 31.7. The van der Waals surface area contributed by atoms with Crippen molar-refractivity contribution in [1.82, 2.24) is 15.0 Å². The zero-order valence-corrected chi connectivity index (χ0v) is 34.9. The van der Waals surface area contributed by atoms with Gasteiger partial charge in [-0.3, -0.25) is 0 Å². The molecule has 0 N–H and O–H groups in total. The van der Waals surface area contributed by atoms with Crippen LogP contribution in [0.2, 0.25) is 0 Å². The topological polar surface area (TPSA) is 38.7 Å². The summed E-state index contributed by atoms with van der Waals surface area (Å²) in [7, 11) is 0. The number of rotatable bonds is 7. The summed E-state index contributed by atoms with van der Waals surface area (Å²) in [5.41, 5.74) is 12.2. The molecule has 12 aromatic rings. The fourth-order valence-corrected chi connectivity index (χ4v) is 9.40. The average molecular weight is 814 g/mol. The van der Waals surface area contributed by atoms with Crippen LogP contribution in [0.5, 0.6) is 0 Å². The van der Waals surface area contributed by atoms with Crippen molar-refractivity contribution in [2.75, 3.05) is 0 Å². The summed E-state index contributed by atoms with van der Waals surface area (Å²) in [4.78, 5) is 16.0. The SMILES string of the molecule is c1ccc(-c2ccccc2-c2ccc3ccc(-c4nc(-c5cccc(-c6ccc(-c7ccccc7)c7ccccc67)c5)nc(-c5cc6ccccc6c6ccccc56)n4)cc3c2)cc1. The molecule has 1 aromatic heterocycles. The maximum absolute atomic E-state index is 5.34. The van der Waals surface area contributed by atoms with Gasteiger partial charge in [-0.1, -0.05) is 212 Å². The molecule has 0 aliphatic heterocycles. The van der Waals surface area contributed by atoms with E-state index in [2.05, 4.69) is 237 Å². The molecule has 0 bridgehead atoms. The van der Waals surface area contributed by atoms with Crippen LogP contribution in [0.3, 0.4) is 0 Å². The smallest absolute Gasteiger partial charge is 0.164 e. The number of aromatic nitrogens is 3. The molecule has 0 radical (unpaired) electrons. The first-order valence-electron chi connectivity index (χ1n) is 21.8. The van der Waals surface area contributed by atoms with E-state index in [1.54, 1.807) is 0 Å². The van der Waals surface area contributed by atoms with Gasteiger partial charge in [-0.25, -0.2) is 15.0 Å². The summed E-state index contributed by atoms with van der Waals surface area (Å²) in [6.45, 7) is 0. The molecule has 3 nitrogen and oxygen atoms in total. The van der Waals surface area contributed by atoms with Crippen LogP contribution in [0.25, 0.3) is 122 Å². The predicted octanol–water partition coefficient (Wildman–Crippen LogP) is 16.2. The fourth-order valence-electron chi connectivity index (χ4n) is 9.40.